The maximum Gasteiger partial charge on any atom is 0.306 e. The molecule has 0 spiro atoms. The van der Waals surface area contributed by atoms with Crippen LogP contribution in [-0.4, -0.2) is 37.2 Å². The van der Waals surface area contributed by atoms with Gasteiger partial charge in [-0.3, -0.25) is 14.4 Å². The summed E-state index contributed by atoms with van der Waals surface area (Å²) in [6.07, 6.45) is 46.8. The van der Waals surface area contributed by atoms with Gasteiger partial charge in [0.05, 0.1) is 0 Å². The van der Waals surface area contributed by atoms with Gasteiger partial charge >= 0.3 is 17.9 Å². The number of hydrogen-bond donors (Lipinski definition) is 0. The molecule has 0 radical (unpaired) electrons. The van der Waals surface area contributed by atoms with Crippen molar-refractivity contribution >= 4 is 17.9 Å². The maximum absolute atomic E-state index is 12.8. The summed E-state index contributed by atoms with van der Waals surface area (Å²) in [5.74, 6) is 1.59. The molecule has 61 heavy (non-hydrogen) atoms. The Morgan fingerprint density at radius 3 is 0.705 bits per heavy atom. The highest BCUT2D eigenvalue weighted by Gasteiger charge is 2.19. The molecule has 0 fully saturated rings. The zero-order valence-electron chi connectivity index (χ0n) is 42.0. The van der Waals surface area contributed by atoms with Crippen molar-refractivity contribution in [1.29, 1.82) is 0 Å². The Balaban J connectivity index is 4.23. The highest BCUT2D eigenvalue weighted by Crippen LogP contribution is 2.18. The minimum absolute atomic E-state index is 0.0649. The summed E-state index contributed by atoms with van der Waals surface area (Å²) in [6, 6.07) is 0. The van der Waals surface area contributed by atoms with Crippen LogP contribution >= 0.6 is 0 Å². The standard InChI is InChI=1S/C55H106O6/c1-49(2)41-35-29-23-19-15-11-9-7-8-10-12-17-21-25-32-38-44-53(56)59-47-52(48-60-54(57)45-39-33-28-27-31-37-43-51(5)6)61-55(58)46-40-34-26-22-18-14-13-16-20-24-30-36-42-50(3)4/h49-52H,7-48H2,1-6H3/t52-/m1/s1. The second-order valence-electron chi connectivity index (χ2n) is 20.3. The first kappa shape index (κ1) is 59.4. The molecule has 0 unspecified atom stereocenters. The molecule has 0 saturated carbocycles. The Morgan fingerprint density at radius 2 is 0.475 bits per heavy atom. The van der Waals surface area contributed by atoms with Gasteiger partial charge < -0.3 is 14.2 Å². The Morgan fingerprint density at radius 1 is 0.279 bits per heavy atom. The fourth-order valence-corrected chi connectivity index (χ4v) is 8.29. The normalized spacial score (nSPS) is 12.1. The summed E-state index contributed by atoms with van der Waals surface area (Å²) in [6.45, 7) is 13.7. The van der Waals surface area contributed by atoms with Crippen LogP contribution in [0.15, 0.2) is 0 Å². The first-order valence-corrected chi connectivity index (χ1v) is 27.1. The predicted molar refractivity (Wildman–Crippen MR) is 261 cm³/mol. The third-order valence-corrected chi connectivity index (χ3v) is 12.4. The van der Waals surface area contributed by atoms with Gasteiger partial charge in [0.2, 0.25) is 0 Å². The zero-order valence-corrected chi connectivity index (χ0v) is 42.0. The van der Waals surface area contributed by atoms with Crippen LogP contribution in [0.25, 0.3) is 0 Å². The van der Waals surface area contributed by atoms with Crippen LogP contribution in [-0.2, 0) is 28.6 Å². The van der Waals surface area contributed by atoms with Crippen molar-refractivity contribution < 1.29 is 28.6 Å². The van der Waals surface area contributed by atoms with E-state index in [0.717, 1.165) is 75.5 Å². The quantitative estimate of drug-likeness (QED) is 0.0344. The second kappa shape index (κ2) is 46.4. The number of esters is 3. The van der Waals surface area contributed by atoms with E-state index in [-0.39, 0.29) is 31.1 Å². The molecule has 6 nitrogen and oxygen atoms in total. The van der Waals surface area contributed by atoms with E-state index in [2.05, 4.69) is 41.5 Å². The van der Waals surface area contributed by atoms with Gasteiger partial charge in [-0.25, -0.2) is 0 Å². The van der Waals surface area contributed by atoms with Crippen molar-refractivity contribution in [2.75, 3.05) is 13.2 Å². The first-order valence-electron chi connectivity index (χ1n) is 27.1. The average molecular weight is 863 g/mol. The molecule has 0 aliphatic rings. The van der Waals surface area contributed by atoms with Crippen molar-refractivity contribution in [3.8, 4) is 0 Å². The summed E-state index contributed by atoms with van der Waals surface area (Å²) < 4.78 is 16.8. The number of carbonyl (C=O) groups excluding carboxylic acids is 3. The molecule has 6 heteroatoms. The summed E-state index contributed by atoms with van der Waals surface area (Å²) in [4.78, 5) is 37.9. The molecule has 1 atom stereocenters. The zero-order chi connectivity index (χ0) is 44.9. The molecule has 0 amide bonds. The molecule has 0 bridgehead atoms. The van der Waals surface area contributed by atoms with Gasteiger partial charge in [0.25, 0.3) is 0 Å². The van der Waals surface area contributed by atoms with Crippen LogP contribution in [0.4, 0.5) is 0 Å². The molecule has 0 rings (SSSR count). The molecule has 0 aromatic rings. The topological polar surface area (TPSA) is 78.9 Å². The lowest BCUT2D eigenvalue weighted by molar-refractivity contribution is -0.167. The fraction of sp³-hybridized carbons (Fsp3) is 0.945. The smallest absolute Gasteiger partial charge is 0.306 e. The second-order valence-corrected chi connectivity index (χ2v) is 20.3. The van der Waals surface area contributed by atoms with Crippen molar-refractivity contribution in [3.63, 3.8) is 0 Å². The SMILES string of the molecule is CC(C)CCCCCCCCCCCCCCCCCCC(=O)OC[C@H](COC(=O)CCCCCCCCC(C)C)OC(=O)CCCCCCCCCCCCCCC(C)C. The fourth-order valence-electron chi connectivity index (χ4n) is 8.29. The number of rotatable bonds is 48. The van der Waals surface area contributed by atoms with Gasteiger partial charge in [0, 0.05) is 19.3 Å². The summed E-state index contributed by atoms with van der Waals surface area (Å²) in [7, 11) is 0. The average Bonchev–Trinajstić information content (AvgIpc) is 3.22. The molecular formula is C55H106O6. The van der Waals surface area contributed by atoms with E-state index in [9.17, 15) is 14.4 Å². The van der Waals surface area contributed by atoms with Crippen LogP contribution in [0.2, 0.25) is 0 Å². The number of unbranched alkanes of at least 4 members (excludes halogenated alkanes) is 31. The van der Waals surface area contributed by atoms with Crippen LogP contribution in [0.3, 0.4) is 0 Å². The highest BCUT2D eigenvalue weighted by molar-refractivity contribution is 5.71. The Labute approximate surface area is 380 Å². The van der Waals surface area contributed by atoms with Gasteiger partial charge in [-0.05, 0) is 37.0 Å². The third kappa shape index (κ3) is 49.3. The molecular weight excluding hydrogens is 757 g/mol. The molecule has 0 aromatic heterocycles. The lowest BCUT2D eigenvalue weighted by Crippen LogP contribution is -2.30. The van der Waals surface area contributed by atoms with E-state index >= 15 is 0 Å². The Hall–Kier alpha value is -1.59. The molecule has 362 valence electrons. The van der Waals surface area contributed by atoms with Crippen LogP contribution in [0.1, 0.15) is 298 Å². The van der Waals surface area contributed by atoms with Crippen molar-refractivity contribution in [1.82, 2.24) is 0 Å². The highest BCUT2D eigenvalue weighted by atomic mass is 16.6. The minimum atomic E-state index is -0.763. The van der Waals surface area contributed by atoms with Crippen molar-refractivity contribution in [2.24, 2.45) is 17.8 Å². The third-order valence-electron chi connectivity index (χ3n) is 12.4. The Bertz CT molecular complexity index is 945. The van der Waals surface area contributed by atoms with Gasteiger partial charge in [-0.1, -0.05) is 260 Å². The lowest BCUT2D eigenvalue weighted by atomic mass is 10.0. The molecule has 0 aliphatic carbocycles. The van der Waals surface area contributed by atoms with Crippen LogP contribution in [0.5, 0.6) is 0 Å². The molecule has 0 heterocycles. The maximum atomic E-state index is 12.8. The largest absolute Gasteiger partial charge is 0.462 e. The monoisotopic (exact) mass is 863 g/mol. The van der Waals surface area contributed by atoms with Crippen molar-refractivity contribution in [3.05, 3.63) is 0 Å². The van der Waals surface area contributed by atoms with Crippen LogP contribution in [0, 0.1) is 17.8 Å². The summed E-state index contributed by atoms with van der Waals surface area (Å²) >= 11 is 0. The number of ether oxygens (including phenoxy) is 3. The number of carbonyl (C=O) groups is 3. The Kier molecular flexibility index (Phi) is 45.2. The molecule has 0 saturated heterocycles. The summed E-state index contributed by atoms with van der Waals surface area (Å²) in [5, 5.41) is 0. The van der Waals surface area contributed by atoms with E-state index in [1.807, 2.05) is 0 Å². The van der Waals surface area contributed by atoms with Gasteiger partial charge in [-0.2, -0.15) is 0 Å². The van der Waals surface area contributed by atoms with E-state index in [4.69, 9.17) is 14.2 Å². The van der Waals surface area contributed by atoms with Crippen molar-refractivity contribution in [2.45, 2.75) is 304 Å². The van der Waals surface area contributed by atoms with Crippen LogP contribution < -0.4 is 0 Å². The van der Waals surface area contributed by atoms with Gasteiger partial charge in [-0.15, -0.1) is 0 Å². The van der Waals surface area contributed by atoms with Gasteiger partial charge in [0.15, 0.2) is 6.10 Å². The number of hydrogen-bond acceptors (Lipinski definition) is 6. The lowest BCUT2D eigenvalue weighted by Gasteiger charge is -2.18. The van der Waals surface area contributed by atoms with E-state index in [0.29, 0.717) is 19.3 Å². The van der Waals surface area contributed by atoms with E-state index in [1.165, 1.54) is 180 Å². The van der Waals surface area contributed by atoms with E-state index in [1.54, 1.807) is 0 Å². The predicted octanol–water partition coefficient (Wildman–Crippen LogP) is 17.6. The van der Waals surface area contributed by atoms with Gasteiger partial charge in [0.1, 0.15) is 13.2 Å². The molecule has 0 N–H and O–H groups in total. The summed E-state index contributed by atoms with van der Waals surface area (Å²) in [5.41, 5.74) is 0. The van der Waals surface area contributed by atoms with E-state index < -0.39 is 6.10 Å². The molecule has 0 aromatic carbocycles. The minimum Gasteiger partial charge on any atom is -0.462 e. The molecule has 0 aliphatic heterocycles. The first-order chi connectivity index (χ1) is 29.6.